The normalized spacial score (nSPS) is 15.4. The van der Waals surface area contributed by atoms with Crippen LogP contribution in [-0.2, 0) is 6.54 Å². The van der Waals surface area contributed by atoms with Crippen molar-refractivity contribution < 1.29 is 15.6 Å². The smallest absolute Gasteiger partial charge is 0.322 e. The van der Waals surface area contributed by atoms with E-state index in [0.717, 1.165) is 55.5 Å². The van der Waals surface area contributed by atoms with Gasteiger partial charge in [-0.3, -0.25) is 0 Å². The van der Waals surface area contributed by atoms with E-state index in [2.05, 4.69) is 41.9 Å². The van der Waals surface area contributed by atoms with Crippen molar-refractivity contribution in [2.75, 3.05) is 25.5 Å². The number of carbonyl (C=O) groups is 1. The molecule has 1 heterocycles. The summed E-state index contributed by atoms with van der Waals surface area (Å²) in [5, 5.41) is 10.1. The first-order valence-corrected chi connectivity index (χ1v) is 11.7. The number of nitrogens with zero attached hydrogens (tertiary/aromatic N) is 2. The third-order valence-electron chi connectivity index (χ3n) is 6.33. The molecule has 176 valence electrons. The zero-order valence-electron chi connectivity index (χ0n) is 20.2. The Kier molecular flexibility index (Phi) is 10.7. The van der Waals surface area contributed by atoms with E-state index in [1.807, 2.05) is 48.2 Å². The number of carbonyl (C=O) groups excluding carboxylic acids is 1. The van der Waals surface area contributed by atoms with Crippen LogP contribution in [-0.4, -0.2) is 53.2 Å². The SMILES string of the molecule is CCCC(C)N1CCC(N(Cc2ccccc2)C(=O)Nc2ccc(C)c([NH3+])c2)CC1.CO. The van der Waals surface area contributed by atoms with Crippen molar-refractivity contribution in [3.8, 4) is 0 Å². The highest BCUT2D eigenvalue weighted by atomic mass is 16.2. The lowest BCUT2D eigenvalue weighted by atomic mass is 10.00. The Bertz CT molecular complexity index is 820. The van der Waals surface area contributed by atoms with Gasteiger partial charge in [0.1, 0.15) is 5.69 Å². The van der Waals surface area contributed by atoms with Crippen LogP contribution in [0.1, 0.15) is 50.7 Å². The molecular weight excluding hydrogens is 400 g/mol. The summed E-state index contributed by atoms with van der Waals surface area (Å²) in [5.74, 6) is 0. The Labute approximate surface area is 193 Å². The van der Waals surface area contributed by atoms with E-state index in [1.165, 1.54) is 12.8 Å². The number of piperidine rings is 1. The molecule has 6 nitrogen and oxygen atoms in total. The van der Waals surface area contributed by atoms with Crippen molar-refractivity contribution in [3.05, 3.63) is 59.7 Å². The molecule has 1 fully saturated rings. The van der Waals surface area contributed by atoms with Crippen molar-refractivity contribution in [1.82, 2.24) is 9.80 Å². The largest absolute Gasteiger partial charge is 0.400 e. The molecule has 32 heavy (non-hydrogen) atoms. The molecule has 6 heteroatoms. The second-order valence-electron chi connectivity index (χ2n) is 8.59. The lowest BCUT2D eigenvalue weighted by Gasteiger charge is -2.40. The number of hydrogen-bond acceptors (Lipinski definition) is 3. The van der Waals surface area contributed by atoms with Crippen LogP contribution >= 0.6 is 0 Å². The minimum Gasteiger partial charge on any atom is -0.400 e. The quantitative estimate of drug-likeness (QED) is 0.603. The fraction of sp³-hybridized carbons (Fsp3) is 0.500. The number of rotatable bonds is 7. The fourth-order valence-corrected chi connectivity index (χ4v) is 4.33. The molecule has 1 atom stereocenters. The van der Waals surface area contributed by atoms with Crippen LogP contribution in [0.15, 0.2) is 48.5 Å². The molecule has 3 rings (SSSR count). The molecule has 1 aliphatic heterocycles. The van der Waals surface area contributed by atoms with E-state index in [4.69, 9.17) is 5.11 Å². The molecule has 1 unspecified atom stereocenters. The fourth-order valence-electron chi connectivity index (χ4n) is 4.33. The molecular formula is C26H41N4O2+. The van der Waals surface area contributed by atoms with Crippen LogP contribution in [0.3, 0.4) is 0 Å². The van der Waals surface area contributed by atoms with Crippen molar-refractivity contribution >= 4 is 17.4 Å². The molecule has 0 radical (unpaired) electrons. The van der Waals surface area contributed by atoms with Crippen molar-refractivity contribution in [2.24, 2.45) is 0 Å². The molecule has 0 bridgehead atoms. The van der Waals surface area contributed by atoms with Gasteiger partial charge in [0.05, 0.1) is 0 Å². The molecule has 5 N–H and O–H groups in total. The van der Waals surface area contributed by atoms with Gasteiger partial charge in [0.2, 0.25) is 0 Å². The number of urea groups is 1. The average molecular weight is 442 g/mol. The maximum absolute atomic E-state index is 13.3. The average Bonchev–Trinajstić information content (AvgIpc) is 2.82. The zero-order chi connectivity index (χ0) is 23.5. The summed E-state index contributed by atoms with van der Waals surface area (Å²) in [7, 11) is 1.00. The number of likely N-dealkylation sites (tertiary alicyclic amines) is 1. The van der Waals surface area contributed by atoms with E-state index in [9.17, 15) is 4.79 Å². The van der Waals surface area contributed by atoms with Gasteiger partial charge in [-0.15, -0.1) is 0 Å². The van der Waals surface area contributed by atoms with Gasteiger partial charge in [0, 0.05) is 56.1 Å². The highest BCUT2D eigenvalue weighted by molar-refractivity contribution is 5.90. The molecule has 2 aromatic rings. The number of aliphatic hydroxyl groups is 1. The summed E-state index contributed by atoms with van der Waals surface area (Å²) in [6, 6.07) is 17.0. The third kappa shape index (κ3) is 7.33. The maximum atomic E-state index is 13.3. The van der Waals surface area contributed by atoms with Crippen molar-refractivity contribution in [1.29, 1.82) is 0 Å². The first-order valence-electron chi connectivity index (χ1n) is 11.7. The van der Waals surface area contributed by atoms with Crippen LogP contribution in [0, 0.1) is 6.92 Å². The lowest BCUT2D eigenvalue weighted by molar-refractivity contribution is -0.255. The molecule has 0 aromatic heterocycles. The zero-order valence-corrected chi connectivity index (χ0v) is 20.2. The Hall–Kier alpha value is -2.41. The van der Waals surface area contributed by atoms with Gasteiger partial charge in [0.15, 0.2) is 0 Å². The van der Waals surface area contributed by atoms with E-state index in [-0.39, 0.29) is 12.1 Å². The highest BCUT2D eigenvalue weighted by Gasteiger charge is 2.29. The summed E-state index contributed by atoms with van der Waals surface area (Å²) in [5.41, 5.74) is 8.10. The second-order valence-corrected chi connectivity index (χ2v) is 8.59. The summed E-state index contributed by atoms with van der Waals surface area (Å²) in [6.07, 6.45) is 4.49. The summed E-state index contributed by atoms with van der Waals surface area (Å²) < 4.78 is 0. The van der Waals surface area contributed by atoms with Gasteiger partial charge >= 0.3 is 6.03 Å². The number of quaternary nitrogens is 1. The number of hydrogen-bond donors (Lipinski definition) is 3. The molecule has 2 amide bonds. The van der Waals surface area contributed by atoms with Gasteiger partial charge < -0.3 is 26.0 Å². The molecule has 0 saturated carbocycles. The van der Waals surface area contributed by atoms with Gasteiger partial charge in [-0.2, -0.15) is 0 Å². The Morgan fingerprint density at radius 3 is 2.44 bits per heavy atom. The van der Waals surface area contributed by atoms with Crippen LogP contribution in [0.4, 0.5) is 16.2 Å². The third-order valence-corrected chi connectivity index (χ3v) is 6.33. The van der Waals surface area contributed by atoms with Crippen molar-refractivity contribution in [3.63, 3.8) is 0 Å². The standard InChI is InChI=1S/C25H36N4O.CH4O/c1-4-8-20(3)28-15-13-23(14-16-28)29(18-21-9-6-5-7-10-21)25(30)27-22-12-11-19(2)24(26)17-22;1-2/h5-7,9-12,17,20,23H,4,8,13-16,18,26H2,1-3H3,(H,27,30);2H,1H3/p+1. The van der Waals surface area contributed by atoms with Crippen molar-refractivity contribution in [2.45, 2.75) is 65.1 Å². The van der Waals surface area contributed by atoms with E-state index < -0.39 is 0 Å². The maximum Gasteiger partial charge on any atom is 0.322 e. The van der Waals surface area contributed by atoms with Crippen LogP contribution in [0.25, 0.3) is 0 Å². The first kappa shape index (κ1) is 25.8. The molecule has 0 spiro atoms. The lowest BCUT2D eigenvalue weighted by Crippen LogP contribution is -2.50. The highest BCUT2D eigenvalue weighted by Crippen LogP contribution is 2.23. The number of benzene rings is 2. The number of amides is 2. The molecule has 1 aliphatic rings. The van der Waals surface area contributed by atoms with Crippen LogP contribution in [0.2, 0.25) is 0 Å². The topological polar surface area (TPSA) is 83.5 Å². The van der Waals surface area contributed by atoms with E-state index in [1.54, 1.807) is 0 Å². The minimum absolute atomic E-state index is 0.0258. The molecule has 1 saturated heterocycles. The summed E-state index contributed by atoms with van der Waals surface area (Å²) in [4.78, 5) is 17.9. The number of aliphatic hydroxyl groups excluding tert-OH is 1. The number of anilines is 1. The van der Waals surface area contributed by atoms with Crippen LogP contribution < -0.4 is 11.1 Å². The molecule has 0 aliphatic carbocycles. The number of nitrogens with one attached hydrogen (secondary N) is 1. The van der Waals surface area contributed by atoms with Gasteiger partial charge in [-0.25, -0.2) is 4.79 Å². The molecule has 2 aromatic carbocycles. The van der Waals surface area contributed by atoms with Gasteiger partial charge in [-0.05, 0) is 44.7 Å². The summed E-state index contributed by atoms with van der Waals surface area (Å²) >= 11 is 0. The van der Waals surface area contributed by atoms with Gasteiger partial charge in [-0.1, -0.05) is 49.7 Å². The van der Waals surface area contributed by atoms with E-state index >= 15 is 0 Å². The number of aryl methyl sites for hydroxylation is 1. The Morgan fingerprint density at radius 1 is 1.19 bits per heavy atom. The Balaban J connectivity index is 0.00000176. The second kappa shape index (κ2) is 13.2. The Morgan fingerprint density at radius 2 is 1.84 bits per heavy atom. The predicted octanol–water partition coefficient (Wildman–Crippen LogP) is 4.16. The predicted molar refractivity (Wildman–Crippen MR) is 132 cm³/mol. The van der Waals surface area contributed by atoms with Gasteiger partial charge in [0.25, 0.3) is 0 Å². The van der Waals surface area contributed by atoms with Crippen LogP contribution in [0.5, 0.6) is 0 Å². The minimum atomic E-state index is -0.0258. The van der Waals surface area contributed by atoms with E-state index in [0.29, 0.717) is 12.6 Å². The first-order chi connectivity index (χ1) is 15.5. The summed E-state index contributed by atoms with van der Waals surface area (Å²) in [6.45, 7) is 9.34. The monoisotopic (exact) mass is 441 g/mol.